The summed E-state index contributed by atoms with van der Waals surface area (Å²) in [5, 5.41) is 7.32. The number of benzene rings is 1. The largest absolute Gasteiger partial charge is 0.347 e. The highest BCUT2D eigenvalue weighted by atomic mass is 32.1. The normalized spacial score (nSPS) is 10.2. The summed E-state index contributed by atoms with van der Waals surface area (Å²) in [6.45, 7) is 4.00. The minimum Gasteiger partial charge on any atom is -0.347 e. The van der Waals surface area contributed by atoms with Gasteiger partial charge in [-0.3, -0.25) is 9.59 Å². The van der Waals surface area contributed by atoms with Crippen molar-refractivity contribution in [2.75, 3.05) is 11.9 Å². The molecule has 0 spiro atoms. The van der Waals surface area contributed by atoms with Gasteiger partial charge in [-0.2, -0.15) is 0 Å². The molecule has 5 heteroatoms. The minimum absolute atomic E-state index is 0.0167. The van der Waals surface area contributed by atoms with E-state index < -0.39 is 0 Å². The van der Waals surface area contributed by atoms with E-state index in [2.05, 4.69) is 10.6 Å². The lowest BCUT2D eigenvalue weighted by Crippen LogP contribution is -2.33. The fourth-order valence-electron chi connectivity index (χ4n) is 1.84. The first-order chi connectivity index (χ1) is 10.0. The Kier molecular flexibility index (Phi) is 5.11. The standard InChI is InChI=1S/C16H18N2O2S/c1-11-5-6-13(8-12(11)2)18-16(20)10-17-15(19)9-14-4-3-7-21-14/h3-8H,9-10H2,1-2H3,(H,17,19)(H,18,20). The lowest BCUT2D eigenvalue weighted by molar-refractivity contribution is -0.123. The molecule has 0 unspecified atom stereocenters. The third-order valence-electron chi connectivity index (χ3n) is 3.15. The van der Waals surface area contributed by atoms with Crippen molar-refractivity contribution in [3.05, 3.63) is 51.7 Å². The van der Waals surface area contributed by atoms with Crippen molar-refractivity contribution in [2.45, 2.75) is 20.3 Å². The third-order valence-corrected chi connectivity index (χ3v) is 4.03. The van der Waals surface area contributed by atoms with E-state index in [1.54, 1.807) is 0 Å². The number of rotatable bonds is 5. The number of thiophene rings is 1. The summed E-state index contributed by atoms with van der Waals surface area (Å²) >= 11 is 1.53. The van der Waals surface area contributed by atoms with Gasteiger partial charge in [-0.25, -0.2) is 0 Å². The Hall–Kier alpha value is -2.14. The molecule has 2 N–H and O–H groups in total. The van der Waals surface area contributed by atoms with Crippen LogP contribution in [0.3, 0.4) is 0 Å². The molecule has 1 heterocycles. The molecule has 21 heavy (non-hydrogen) atoms. The van der Waals surface area contributed by atoms with Crippen molar-refractivity contribution in [3.63, 3.8) is 0 Å². The average molecular weight is 302 g/mol. The second kappa shape index (κ2) is 7.04. The van der Waals surface area contributed by atoms with E-state index in [4.69, 9.17) is 0 Å². The molecule has 0 fully saturated rings. The molecule has 0 saturated carbocycles. The molecule has 0 radical (unpaired) electrons. The summed E-state index contributed by atoms with van der Waals surface area (Å²) in [6.07, 6.45) is 0.314. The smallest absolute Gasteiger partial charge is 0.243 e. The Bertz CT molecular complexity index is 636. The second-order valence-corrected chi connectivity index (χ2v) is 5.91. The topological polar surface area (TPSA) is 58.2 Å². The van der Waals surface area contributed by atoms with Crippen LogP contribution in [0.15, 0.2) is 35.7 Å². The number of aryl methyl sites for hydroxylation is 2. The van der Waals surface area contributed by atoms with Gasteiger partial charge in [0.2, 0.25) is 11.8 Å². The molecular formula is C16H18N2O2S. The lowest BCUT2D eigenvalue weighted by atomic mass is 10.1. The summed E-state index contributed by atoms with van der Waals surface area (Å²) in [7, 11) is 0. The quantitative estimate of drug-likeness (QED) is 0.892. The molecule has 2 amide bonds. The summed E-state index contributed by atoms with van der Waals surface area (Å²) in [4.78, 5) is 24.5. The predicted molar refractivity (Wildman–Crippen MR) is 85.6 cm³/mol. The molecule has 0 aliphatic heterocycles. The van der Waals surface area contributed by atoms with Gasteiger partial charge >= 0.3 is 0 Å². The van der Waals surface area contributed by atoms with Gasteiger partial charge < -0.3 is 10.6 Å². The van der Waals surface area contributed by atoms with Gasteiger partial charge in [-0.1, -0.05) is 12.1 Å². The molecule has 1 aromatic carbocycles. The summed E-state index contributed by atoms with van der Waals surface area (Å²) in [6, 6.07) is 9.54. The van der Waals surface area contributed by atoms with Crippen molar-refractivity contribution >= 4 is 28.8 Å². The first-order valence-electron chi connectivity index (χ1n) is 6.71. The van der Waals surface area contributed by atoms with E-state index in [0.717, 1.165) is 16.1 Å². The van der Waals surface area contributed by atoms with Crippen LogP contribution in [0.1, 0.15) is 16.0 Å². The van der Waals surface area contributed by atoms with Gasteiger partial charge in [-0.15, -0.1) is 11.3 Å². The van der Waals surface area contributed by atoms with Crippen molar-refractivity contribution in [1.29, 1.82) is 0 Å². The molecule has 0 aliphatic rings. The first-order valence-corrected chi connectivity index (χ1v) is 7.59. The highest BCUT2D eigenvalue weighted by Crippen LogP contribution is 2.13. The van der Waals surface area contributed by atoms with Crippen molar-refractivity contribution < 1.29 is 9.59 Å². The maximum Gasteiger partial charge on any atom is 0.243 e. The van der Waals surface area contributed by atoms with Gasteiger partial charge in [0.15, 0.2) is 0 Å². The average Bonchev–Trinajstić information content (AvgIpc) is 2.93. The van der Waals surface area contributed by atoms with Crippen LogP contribution in [0.4, 0.5) is 5.69 Å². The zero-order valence-corrected chi connectivity index (χ0v) is 12.9. The number of hydrogen-bond donors (Lipinski definition) is 2. The number of amides is 2. The third kappa shape index (κ3) is 4.72. The molecule has 0 bridgehead atoms. The van der Waals surface area contributed by atoms with Crippen molar-refractivity contribution in [2.24, 2.45) is 0 Å². The van der Waals surface area contributed by atoms with Crippen LogP contribution in [0.5, 0.6) is 0 Å². The second-order valence-electron chi connectivity index (χ2n) is 4.88. The molecule has 0 atom stereocenters. The van der Waals surface area contributed by atoms with Crippen molar-refractivity contribution in [3.8, 4) is 0 Å². The Morgan fingerprint density at radius 3 is 2.57 bits per heavy atom. The number of nitrogens with one attached hydrogen (secondary N) is 2. The molecular weight excluding hydrogens is 284 g/mol. The number of anilines is 1. The number of carbonyl (C=O) groups excluding carboxylic acids is 2. The van der Waals surface area contributed by atoms with Crippen LogP contribution >= 0.6 is 11.3 Å². The van der Waals surface area contributed by atoms with E-state index in [0.29, 0.717) is 6.42 Å². The summed E-state index contributed by atoms with van der Waals surface area (Å²) in [5.41, 5.74) is 3.04. The van der Waals surface area contributed by atoms with Crippen molar-refractivity contribution in [1.82, 2.24) is 5.32 Å². The fourth-order valence-corrected chi connectivity index (χ4v) is 2.54. The van der Waals surface area contributed by atoms with Crippen LogP contribution in [0.2, 0.25) is 0 Å². The van der Waals surface area contributed by atoms with Crippen LogP contribution < -0.4 is 10.6 Å². The Labute approximate surface area is 128 Å². The van der Waals surface area contributed by atoms with E-state index in [9.17, 15) is 9.59 Å². The number of hydrogen-bond acceptors (Lipinski definition) is 3. The zero-order valence-electron chi connectivity index (χ0n) is 12.1. The van der Waals surface area contributed by atoms with Gasteiger partial charge in [0.25, 0.3) is 0 Å². The molecule has 0 aliphatic carbocycles. The molecule has 4 nitrogen and oxygen atoms in total. The van der Waals surface area contributed by atoms with Gasteiger partial charge in [0, 0.05) is 10.6 Å². The zero-order chi connectivity index (χ0) is 15.2. The van der Waals surface area contributed by atoms with E-state index in [1.165, 1.54) is 16.9 Å². The number of carbonyl (C=O) groups is 2. The van der Waals surface area contributed by atoms with E-state index in [-0.39, 0.29) is 18.4 Å². The van der Waals surface area contributed by atoms with Gasteiger partial charge in [0.1, 0.15) is 0 Å². The minimum atomic E-state index is -0.224. The molecule has 2 rings (SSSR count). The Morgan fingerprint density at radius 1 is 1.10 bits per heavy atom. The molecule has 110 valence electrons. The lowest BCUT2D eigenvalue weighted by Gasteiger charge is -2.08. The first kappa shape index (κ1) is 15.3. The van der Waals surface area contributed by atoms with Crippen LogP contribution in [-0.2, 0) is 16.0 Å². The van der Waals surface area contributed by atoms with Crippen LogP contribution in [0.25, 0.3) is 0 Å². The maximum absolute atomic E-state index is 11.8. The molecule has 0 saturated heterocycles. The highest BCUT2D eigenvalue weighted by molar-refractivity contribution is 7.10. The van der Waals surface area contributed by atoms with Gasteiger partial charge in [0.05, 0.1) is 13.0 Å². The van der Waals surface area contributed by atoms with Crippen LogP contribution in [0, 0.1) is 13.8 Å². The van der Waals surface area contributed by atoms with Gasteiger partial charge in [-0.05, 0) is 48.6 Å². The summed E-state index contributed by atoms with van der Waals surface area (Å²) < 4.78 is 0. The van der Waals surface area contributed by atoms with E-state index in [1.807, 2.05) is 49.6 Å². The monoisotopic (exact) mass is 302 g/mol. The highest BCUT2D eigenvalue weighted by Gasteiger charge is 2.07. The molecule has 2 aromatic rings. The maximum atomic E-state index is 11.8. The Balaban J connectivity index is 1.79. The van der Waals surface area contributed by atoms with Crippen LogP contribution in [-0.4, -0.2) is 18.4 Å². The SMILES string of the molecule is Cc1ccc(NC(=O)CNC(=O)Cc2cccs2)cc1C. The van der Waals surface area contributed by atoms with E-state index >= 15 is 0 Å². The molecule has 1 aromatic heterocycles. The Morgan fingerprint density at radius 2 is 1.90 bits per heavy atom. The summed E-state index contributed by atoms with van der Waals surface area (Å²) in [5.74, 6) is -0.370. The predicted octanol–water partition coefficient (Wildman–Crippen LogP) is 2.66. The fraction of sp³-hybridized carbons (Fsp3) is 0.250.